The van der Waals surface area contributed by atoms with E-state index in [9.17, 15) is 13.2 Å². The molecule has 3 aromatic rings. The second kappa shape index (κ2) is 9.78. The number of carbonyl (C=O) groups excluding carboxylic acids is 1. The van der Waals surface area contributed by atoms with Gasteiger partial charge in [-0.15, -0.1) is 0 Å². The van der Waals surface area contributed by atoms with Crippen LogP contribution < -0.4 is 14.8 Å². The molecule has 0 radical (unpaired) electrons. The van der Waals surface area contributed by atoms with Crippen LogP contribution in [0.2, 0.25) is 5.02 Å². The molecule has 6 nitrogen and oxygen atoms in total. The number of halogens is 1. The van der Waals surface area contributed by atoms with E-state index < -0.39 is 15.3 Å². The summed E-state index contributed by atoms with van der Waals surface area (Å²) in [5, 5.41) is 3.11. The first-order chi connectivity index (χ1) is 16.2. The standard InChI is InChI=1S/C26H27ClN2O4S/c1-16(2)34(31,32)29-22-13-18-9-12-21(14-19(18)15-22)28-26(30)23-5-4-6-24(33-3)25(23)17-7-10-20(27)11-8-17/h4-12,14,16,22,29H,13,15H2,1-3H3,(H,28,30). The molecule has 1 unspecified atom stereocenters. The van der Waals surface area contributed by atoms with Gasteiger partial charge in [0.1, 0.15) is 5.75 Å². The fourth-order valence-electron chi connectivity index (χ4n) is 4.15. The van der Waals surface area contributed by atoms with Gasteiger partial charge in [-0.1, -0.05) is 35.9 Å². The summed E-state index contributed by atoms with van der Waals surface area (Å²) in [5.41, 5.74) is 4.74. The van der Waals surface area contributed by atoms with Crippen molar-refractivity contribution in [1.29, 1.82) is 0 Å². The van der Waals surface area contributed by atoms with Crippen LogP contribution in [0.15, 0.2) is 60.7 Å². The van der Waals surface area contributed by atoms with Gasteiger partial charge in [0.25, 0.3) is 5.91 Å². The smallest absolute Gasteiger partial charge is 0.256 e. The maximum Gasteiger partial charge on any atom is 0.256 e. The predicted octanol–water partition coefficient (Wildman–Crippen LogP) is 5.06. The van der Waals surface area contributed by atoms with E-state index >= 15 is 0 Å². The number of nitrogens with one attached hydrogen (secondary N) is 2. The molecular weight excluding hydrogens is 472 g/mol. The van der Waals surface area contributed by atoms with Crippen LogP contribution in [-0.4, -0.2) is 32.7 Å². The molecule has 8 heteroatoms. The zero-order chi connectivity index (χ0) is 24.5. The zero-order valence-electron chi connectivity index (χ0n) is 19.3. The van der Waals surface area contributed by atoms with Crippen molar-refractivity contribution in [1.82, 2.24) is 4.72 Å². The van der Waals surface area contributed by atoms with Gasteiger partial charge in [0.2, 0.25) is 10.0 Å². The third kappa shape index (κ3) is 5.12. The van der Waals surface area contributed by atoms with Gasteiger partial charge in [0, 0.05) is 22.3 Å². The quantitative estimate of drug-likeness (QED) is 0.476. The van der Waals surface area contributed by atoms with Gasteiger partial charge in [-0.3, -0.25) is 4.79 Å². The Morgan fingerprint density at radius 1 is 1.03 bits per heavy atom. The van der Waals surface area contributed by atoms with E-state index in [1.165, 1.54) is 0 Å². The largest absolute Gasteiger partial charge is 0.496 e. The number of carbonyl (C=O) groups is 1. The first kappa shape index (κ1) is 24.3. The summed E-state index contributed by atoms with van der Waals surface area (Å²) in [6.07, 6.45) is 1.21. The molecule has 178 valence electrons. The molecule has 1 atom stereocenters. The monoisotopic (exact) mass is 498 g/mol. The van der Waals surface area contributed by atoms with Crippen molar-refractivity contribution in [2.45, 2.75) is 38.0 Å². The average molecular weight is 499 g/mol. The molecule has 0 saturated heterocycles. The highest BCUT2D eigenvalue weighted by Gasteiger charge is 2.27. The number of benzene rings is 3. The van der Waals surface area contributed by atoms with E-state index in [1.807, 2.05) is 36.4 Å². The Morgan fingerprint density at radius 3 is 2.41 bits per heavy atom. The Kier molecular flexibility index (Phi) is 6.98. The summed E-state index contributed by atoms with van der Waals surface area (Å²) in [6, 6.07) is 18.1. The highest BCUT2D eigenvalue weighted by molar-refractivity contribution is 7.90. The fraction of sp³-hybridized carbons (Fsp3) is 0.269. The zero-order valence-corrected chi connectivity index (χ0v) is 20.8. The SMILES string of the molecule is COc1cccc(C(=O)Nc2ccc3c(c2)CC(NS(=O)(=O)C(C)C)C3)c1-c1ccc(Cl)cc1. The topological polar surface area (TPSA) is 84.5 Å². The number of sulfonamides is 1. The van der Waals surface area contributed by atoms with E-state index in [2.05, 4.69) is 10.0 Å². The molecule has 0 aliphatic heterocycles. The maximum absolute atomic E-state index is 13.3. The molecule has 34 heavy (non-hydrogen) atoms. The molecule has 4 rings (SSSR count). The molecule has 2 N–H and O–H groups in total. The number of methoxy groups -OCH3 is 1. The number of amides is 1. The predicted molar refractivity (Wildman–Crippen MR) is 136 cm³/mol. The summed E-state index contributed by atoms with van der Waals surface area (Å²) in [4.78, 5) is 13.3. The minimum atomic E-state index is -3.34. The molecule has 3 aromatic carbocycles. The maximum atomic E-state index is 13.3. The number of ether oxygens (including phenoxy) is 1. The lowest BCUT2D eigenvalue weighted by molar-refractivity contribution is 0.102. The van der Waals surface area contributed by atoms with Crippen molar-refractivity contribution >= 4 is 33.2 Å². The van der Waals surface area contributed by atoms with Crippen molar-refractivity contribution in [3.8, 4) is 16.9 Å². The summed E-state index contributed by atoms with van der Waals surface area (Å²) < 4.78 is 32.8. The average Bonchev–Trinajstić information content (AvgIpc) is 3.19. The van der Waals surface area contributed by atoms with Gasteiger partial charge in [-0.25, -0.2) is 13.1 Å². The summed E-state index contributed by atoms with van der Waals surface area (Å²) in [7, 11) is -1.77. The Labute approximate surface area is 205 Å². The highest BCUT2D eigenvalue weighted by atomic mass is 35.5. The third-order valence-electron chi connectivity index (χ3n) is 5.97. The van der Waals surface area contributed by atoms with Crippen molar-refractivity contribution in [3.05, 3.63) is 82.4 Å². The summed E-state index contributed by atoms with van der Waals surface area (Å²) in [6.45, 7) is 3.32. The van der Waals surface area contributed by atoms with Crippen molar-refractivity contribution in [2.75, 3.05) is 12.4 Å². The fourth-order valence-corrected chi connectivity index (χ4v) is 5.18. The van der Waals surface area contributed by atoms with Gasteiger partial charge < -0.3 is 10.1 Å². The van der Waals surface area contributed by atoms with Crippen LogP contribution in [0.3, 0.4) is 0 Å². The Morgan fingerprint density at radius 2 is 1.74 bits per heavy atom. The lowest BCUT2D eigenvalue weighted by Crippen LogP contribution is -2.39. The van der Waals surface area contributed by atoms with Crippen molar-refractivity contribution in [3.63, 3.8) is 0 Å². The van der Waals surface area contributed by atoms with Gasteiger partial charge in [-0.05, 0) is 79.8 Å². The Bertz CT molecular complexity index is 1320. The first-order valence-corrected chi connectivity index (χ1v) is 13.0. The molecule has 0 bridgehead atoms. The molecule has 0 spiro atoms. The van der Waals surface area contributed by atoms with Crippen LogP contribution in [-0.2, 0) is 22.9 Å². The normalized spacial score (nSPS) is 15.3. The van der Waals surface area contributed by atoms with Crippen LogP contribution in [0.25, 0.3) is 11.1 Å². The van der Waals surface area contributed by atoms with Gasteiger partial charge in [0.05, 0.1) is 17.9 Å². The number of anilines is 1. The van der Waals surface area contributed by atoms with E-state index in [0.717, 1.165) is 16.7 Å². The molecule has 0 aromatic heterocycles. The van der Waals surface area contributed by atoms with E-state index in [0.29, 0.717) is 40.4 Å². The number of fused-ring (bicyclic) bond motifs is 1. The van der Waals surface area contributed by atoms with E-state index in [4.69, 9.17) is 16.3 Å². The number of rotatable bonds is 7. The molecule has 0 heterocycles. The van der Waals surface area contributed by atoms with Crippen molar-refractivity contribution in [2.24, 2.45) is 0 Å². The van der Waals surface area contributed by atoms with E-state index in [1.54, 1.807) is 45.2 Å². The minimum Gasteiger partial charge on any atom is -0.496 e. The molecule has 1 amide bonds. The van der Waals surface area contributed by atoms with Gasteiger partial charge in [-0.2, -0.15) is 0 Å². The third-order valence-corrected chi connectivity index (χ3v) is 8.13. The Balaban J connectivity index is 1.57. The second-order valence-corrected chi connectivity index (χ2v) is 11.3. The molecule has 0 fully saturated rings. The second-order valence-electron chi connectivity index (χ2n) is 8.64. The molecule has 1 aliphatic carbocycles. The minimum absolute atomic E-state index is 0.178. The Hall–Kier alpha value is -2.87. The number of hydrogen-bond acceptors (Lipinski definition) is 4. The van der Waals surface area contributed by atoms with Gasteiger partial charge in [0.15, 0.2) is 0 Å². The summed E-state index contributed by atoms with van der Waals surface area (Å²) in [5.74, 6) is 0.322. The van der Waals surface area contributed by atoms with Crippen LogP contribution in [0.4, 0.5) is 5.69 Å². The van der Waals surface area contributed by atoms with E-state index in [-0.39, 0.29) is 11.9 Å². The van der Waals surface area contributed by atoms with Crippen LogP contribution in [0, 0.1) is 0 Å². The molecule has 0 saturated carbocycles. The highest BCUT2D eigenvalue weighted by Crippen LogP contribution is 2.35. The number of hydrogen-bond donors (Lipinski definition) is 2. The van der Waals surface area contributed by atoms with Crippen LogP contribution in [0.1, 0.15) is 35.3 Å². The lowest BCUT2D eigenvalue weighted by atomic mass is 9.97. The van der Waals surface area contributed by atoms with Crippen molar-refractivity contribution < 1.29 is 17.9 Å². The molecular formula is C26H27ClN2O4S. The molecule has 1 aliphatic rings. The lowest BCUT2D eigenvalue weighted by Gasteiger charge is -2.15. The summed E-state index contributed by atoms with van der Waals surface area (Å²) >= 11 is 6.04. The first-order valence-electron chi connectivity index (χ1n) is 11.0. The van der Waals surface area contributed by atoms with Crippen LogP contribution >= 0.6 is 11.6 Å². The van der Waals surface area contributed by atoms with Gasteiger partial charge >= 0.3 is 0 Å². The van der Waals surface area contributed by atoms with Crippen LogP contribution in [0.5, 0.6) is 5.75 Å².